The number of hydrogen-bond acceptors (Lipinski definition) is 5. The summed E-state index contributed by atoms with van der Waals surface area (Å²) in [6.45, 7) is 2.33. The Hall–Kier alpha value is -2.57. The van der Waals surface area contributed by atoms with Crippen molar-refractivity contribution in [1.82, 2.24) is 5.32 Å². The van der Waals surface area contributed by atoms with Gasteiger partial charge in [0.1, 0.15) is 5.75 Å². The number of aromatic hydroxyl groups is 1. The molecule has 0 saturated carbocycles. The molecule has 0 unspecified atom stereocenters. The van der Waals surface area contributed by atoms with Crippen LogP contribution in [0.2, 0.25) is 0 Å². The molecule has 0 aromatic heterocycles. The van der Waals surface area contributed by atoms with Gasteiger partial charge in [0, 0.05) is 18.3 Å². The lowest BCUT2D eigenvalue weighted by Gasteiger charge is -2.11. The Balaban J connectivity index is 2.25. The molecule has 7 heteroatoms. The van der Waals surface area contributed by atoms with Crippen LogP contribution in [0.4, 0.5) is 10.5 Å². The van der Waals surface area contributed by atoms with Crippen LogP contribution in [0, 0.1) is 5.53 Å². The zero-order valence-electron chi connectivity index (χ0n) is 11.8. The third-order valence-electron chi connectivity index (χ3n) is 2.84. The van der Waals surface area contributed by atoms with Crippen LogP contribution in [0.5, 0.6) is 11.5 Å². The molecular formula is C14H19N4O3-. The fraction of sp³-hybridized carbons (Fsp3) is 0.357. The van der Waals surface area contributed by atoms with Crippen LogP contribution in [0.1, 0.15) is 26.2 Å². The number of benzene rings is 1. The fourth-order valence-electron chi connectivity index (χ4n) is 1.67. The van der Waals surface area contributed by atoms with Gasteiger partial charge < -0.3 is 20.8 Å². The highest BCUT2D eigenvalue weighted by Gasteiger charge is 2.02. The molecule has 1 rings (SSSR count). The van der Waals surface area contributed by atoms with E-state index in [4.69, 9.17) is 5.53 Å². The molecule has 0 saturated heterocycles. The number of carbonyl (C=O) groups excluding carboxylic acids is 1. The molecule has 0 fully saturated rings. The summed E-state index contributed by atoms with van der Waals surface area (Å²) in [4.78, 5) is 11.6. The average molecular weight is 291 g/mol. The Morgan fingerprint density at radius 1 is 1.48 bits per heavy atom. The zero-order valence-corrected chi connectivity index (χ0v) is 11.8. The number of hydrogen-bond donors (Lipinski definition) is 4. The summed E-state index contributed by atoms with van der Waals surface area (Å²) in [7, 11) is 0. The molecular weight excluding hydrogens is 272 g/mol. The first-order valence-electron chi connectivity index (χ1n) is 6.64. The van der Waals surface area contributed by atoms with Crippen molar-refractivity contribution in [2.75, 3.05) is 11.9 Å². The number of rotatable bonds is 7. The Labute approximate surface area is 123 Å². The lowest BCUT2D eigenvalue weighted by Crippen LogP contribution is -2.29. The number of phenolic OH excluding ortho intramolecular Hbond substituents is 1. The second-order valence-corrected chi connectivity index (χ2v) is 4.41. The third kappa shape index (κ3) is 5.94. The highest BCUT2D eigenvalue weighted by Crippen LogP contribution is 2.24. The second-order valence-electron chi connectivity index (χ2n) is 4.41. The first kappa shape index (κ1) is 16.5. The van der Waals surface area contributed by atoms with Gasteiger partial charge in [-0.05, 0) is 32.3 Å². The Bertz CT molecular complexity index is 529. The summed E-state index contributed by atoms with van der Waals surface area (Å²) < 4.78 is 0. The van der Waals surface area contributed by atoms with Gasteiger partial charge >= 0.3 is 6.03 Å². The zero-order chi connectivity index (χ0) is 15.7. The smallest absolute Gasteiger partial charge is 0.319 e. The largest absolute Gasteiger partial charge is 0.870 e. The van der Waals surface area contributed by atoms with Gasteiger partial charge in [0.2, 0.25) is 0 Å². The van der Waals surface area contributed by atoms with Gasteiger partial charge in [0.05, 0.1) is 5.70 Å². The van der Waals surface area contributed by atoms with Crippen molar-refractivity contribution in [2.45, 2.75) is 26.2 Å². The van der Waals surface area contributed by atoms with Crippen molar-refractivity contribution in [3.8, 4) is 11.5 Å². The van der Waals surface area contributed by atoms with Crippen LogP contribution in [-0.4, -0.2) is 17.7 Å². The van der Waals surface area contributed by atoms with Gasteiger partial charge in [-0.15, -0.1) is 0 Å². The fourth-order valence-corrected chi connectivity index (χ4v) is 1.67. The summed E-state index contributed by atoms with van der Waals surface area (Å²) in [6, 6.07) is 3.42. The van der Waals surface area contributed by atoms with Gasteiger partial charge in [-0.25, -0.2) is 10.3 Å². The molecule has 7 nitrogen and oxygen atoms in total. The minimum atomic E-state index is -0.486. The molecule has 0 aliphatic heterocycles. The predicted octanol–water partition coefficient (Wildman–Crippen LogP) is 2.69. The molecule has 114 valence electrons. The number of phenols is 1. The van der Waals surface area contributed by atoms with E-state index in [9.17, 15) is 15.0 Å². The van der Waals surface area contributed by atoms with E-state index < -0.39 is 17.5 Å². The number of nitrogens with one attached hydrogen (secondary N) is 3. The maximum atomic E-state index is 11.6. The number of nitrogens with zero attached hydrogens (tertiary/aromatic N) is 1. The summed E-state index contributed by atoms with van der Waals surface area (Å²) in [5.41, 5.74) is 7.98. The van der Waals surface area contributed by atoms with E-state index >= 15 is 0 Å². The molecule has 0 heterocycles. The molecule has 4 N–H and O–H groups in total. The number of unbranched alkanes of at least 4 members (excludes halogenated alkanes) is 1. The van der Waals surface area contributed by atoms with Crippen molar-refractivity contribution >= 4 is 11.7 Å². The maximum Gasteiger partial charge on any atom is 0.319 e. The van der Waals surface area contributed by atoms with Crippen molar-refractivity contribution < 1.29 is 15.0 Å². The molecule has 1 aromatic carbocycles. The first-order valence-corrected chi connectivity index (χ1v) is 6.64. The Kier molecular flexibility index (Phi) is 6.73. The van der Waals surface area contributed by atoms with Crippen LogP contribution in [-0.2, 0) is 0 Å². The van der Waals surface area contributed by atoms with Crippen molar-refractivity contribution in [3.63, 3.8) is 0 Å². The number of urea groups is 1. The second kappa shape index (κ2) is 8.57. The molecule has 0 spiro atoms. The van der Waals surface area contributed by atoms with Crippen LogP contribution < -0.4 is 15.7 Å². The summed E-state index contributed by atoms with van der Waals surface area (Å²) in [5, 5.41) is 28.8. The summed E-state index contributed by atoms with van der Waals surface area (Å²) in [6.07, 6.45) is 4.10. The Morgan fingerprint density at radius 3 is 2.86 bits per heavy atom. The highest BCUT2D eigenvalue weighted by atomic mass is 16.3. The van der Waals surface area contributed by atoms with E-state index in [-0.39, 0.29) is 0 Å². The number of allylic oxidation sites excluding steroid dienone is 2. The van der Waals surface area contributed by atoms with Gasteiger partial charge in [-0.1, -0.05) is 17.9 Å². The Morgan fingerprint density at radius 2 is 2.24 bits per heavy atom. The molecule has 2 amide bonds. The molecule has 0 aliphatic carbocycles. The van der Waals surface area contributed by atoms with E-state index in [0.717, 1.165) is 18.5 Å². The normalized spacial score (nSPS) is 11.0. The summed E-state index contributed by atoms with van der Waals surface area (Å²) >= 11 is 0. The number of carbonyl (C=O) groups is 1. The van der Waals surface area contributed by atoms with Gasteiger partial charge in [0.15, 0.2) is 0 Å². The minimum Gasteiger partial charge on any atom is -0.870 e. The average Bonchev–Trinajstić information content (AvgIpc) is 2.47. The van der Waals surface area contributed by atoms with E-state index in [2.05, 4.69) is 15.7 Å². The van der Waals surface area contributed by atoms with Crippen LogP contribution >= 0.6 is 0 Å². The van der Waals surface area contributed by atoms with Crippen molar-refractivity contribution in [1.29, 1.82) is 5.53 Å². The van der Waals surface area contributed by atoms with E-state index in [1.807, 2.05) is 6.92 Å². The molecule has 1 aromatic rings. The molecule has 0 radical (unpaired) electrons. The molecule has 0 aliphatic rings. The first-order chi connectivity index (χ1) is 10.1. The maximum absolute atomic E-state index is 11.6. The SMILES string of the molecule is C/C=C(/CCCCNC(=O)Nc1ccc([O-])c(O)c1)N=N. The minimum absolute atomic E-state index is 0.355. The quantitative estimate of drug-likeness (QED) is 0.456. The standard InChI is InChI=1S/C14H20N4O3/c1-2-10(18-15)5-3-4-8-16-14(21)17-11-6-7-12(19)13(20)9-11/h2,6-7,9,15,19-20H,3-5,8H2,1H3,(H2,16,17,21)/p-1/b10-2-,18-15?. The third-order valence-corrected chi connectivity index (χ3v) is 2.84. The lowest BCUT2D eigenvalue weighted by atomic mass is 10.2. The van der Waals surface area contributed by atoms with Gasteiger partial charge in [-0.3, -0.25) is 0 Å². The van der Waals surface area contributed by atoms with E-state index in [0.29, 0.717) is 18.7 Å². The van der Waals surface area contributed by atoms with Crippen LogP contribution in [0.3, 0.4) is 0 Å². The molecule has 0 atom stereocenters. The topological polar surface area (TPSA) is 121 Å². The van der Waals surface area contributed by atoms with E-state index in [1.54, 1.807) is 6.08 Å². The number of amides is 2. The van der Waals surface area contributed by atoms with Crippen molar-refractivity contribution in [2.24, 2.45) is 5.11 Å². The van der Waals surface area contributed by atoms with Gasteiger partial charge in [0.25, 0.3) is 0 Å². The number of anilines is 1. The summed E-state index contributed by atoms with van der Waals surface area (Å²) in [5.74, 6) is -0.883. The van der Waals surface area contributed by atoms with E-state index in [1.165, 1.54) is 18.2 Å². The van der Waals surface area contributed by atoms with Gasteiger partial charge in [-0.2, -0.15) is 5.11 Å². The molecule has 0 bridgehead atoms. The molecule has 21 heavy (non-hydrogen) atoms. The highest BCUT2D eigenvalue weighted by molar-refractivity contribution is 5.89. The van der Waals surface area contributed by atoms with Crippen LogP contribution in [0.15, 0.2) is 35.1 Å². The lowest BCUT2D eigenvalue weighted by molar-refractivity contribution is -0.270. The van der Waals surface area contributed by atoms with Crippen LogP contribution in [0.25, 0.3) is 0 Å². The van der Waals surface area contributed by atoms with Crippen molar-refractivity contribution in [3.05, 3.63) is 30.0 Å². The predicted molar refractivity (Wildman–Crippen MR) is 77.3 cm³/mol. The monoisotopic (exact) mass is 291 g/mol.